The molecule has 0 saturated heterocycles. The Morgan fingerprint density at radius 3 is 2.86 bits per heavy atom. The van der Waals surface area contributed by atoms with Gasteiger partial charge in [0, 0.05) is 6.54 Å². The first-order valence-electron chi connectivity index (χ1n) is 2.04. The minimum Gasteiger partial charge on any atom is -0.317 e. The SMILES string of the molecule is ONCCC=CF. The summed E-state index contributed by atoms with van der Waals surface area (Å²) in [6, 6.07) is 0. The van der Waals surface area contributed by atoms with Gasteiger partial charge in [-0.15, -0.1) is 0 Å². The van der Waals surface area contributed by atoms with Gasteiger partial charge in [-0.3, -0.25) is 0 Å². The van der Waals surface area contributed by atoms with Crippen molar-refractivity contribution in [3.05, 3.63) is 12.4 Å². The van der Waals surface area contributed by atoms with E-state index in [0.717, 1.165) is 0 Å². The molecule has 2 N–H and O–H groups in total. The number of hydroxylamine groups is 1. The summed E-state index contributed by atoms with van der Waals surface area (Å²) >= 11 is 0. The Labute approximate surface area is 41.6 Å². The first-order valence-corrected chi connectivity index (χ1v) is 2.04. The van der Waals surface area contributed by atoms with E-state index in [1.807, 2.05) is 5.48 Å². The molecule has 0 unspecified atom stereocenters. The molecule has 0 fully saturated rings. The van der Waals surface area contributed by atoms with Crippen LogP contribution in [0.4, 0.5) is 4.39 Å². The maximum Gasteiger partial charge on any atom is 0.0827 e. The molecule has 0 atom stereocenters. The first kappa shape index (κ1) is 6.59. The largest absolute Gasteiger partial charge is 0.317 e. The summed E-state index contributed by atoms with van der Waals surface area (Å²) in [4.78, 5) is 0. The van der Waals surface area contributed by atoms with Gasteiger partial charge in [-0.2, -0.15) is 0 Å². The molecule has 2 nitrogen and oxygen atoms in total. The molecule has 0 spiro atoms. The van der Waals surface area contributed by atoms with E-state index in [9.17, 15) is 4.39 Å². The van der Waals surface area contributed by atoms with Crippen LogP contribution in [0.5, 0.6) is 0 Å². The molecule has 0 amide bonds. The maximum atomic E-state index is 11.0. The molecule has 7 heavy (non-hydrogen) atoms. The van der Waals surface area contributed by atoms with Crippen molar-refractivity contribution in [3.8, 4) is 0 Å². The number of halogens is 1. The lowest BCUT2D eigenvalue weighted by Crippen LogP contribution is -2.06. The second-order valence-corrected chi connectivity index (χ2v) is 1.06. The second kappa shape index (κ2) is 5.59. The molecule has 0 aliphatic rings. The third-order valence-corrected chi connectivity index (χ3v) is 0.512. The van der Waals surface area contributed by atoms with E-state index in [0.29, 0.717) is 19.3 Å². The van der Waals surface area contributed by atoms with Crippen LogP contribution in [0.1, 0.15) is 6.42 Å². The molecule has 0 radical (unpaired) electrons. The fourth-order valence-electron chi connectivity index (χ4n) is 0.211. The molecule has 0 aromatic heterocycles. The second-order valence-electron chi connectivity index (χ2n) is 1.06. The summed E-state index contributed by atoms with van der Waals surface area (Å²) in [5.74, 6) is 0. The van der Waals surface area contributed by atoms with Crippen LogP contribution in [0, 0.1) is 0 Å². The van der Waals surface area contributed by atoms with E-state index in [1.54, 1.807) is 0 Å². The number of rotatable bonds is 3. The highest BCUT2D eigenvalue weighted by atomic mass is 19.1. The Balaban J connectivity index is 2.69. The quantitative estimate of drug-likeness (QED) is 0.411. The molecular formula is C4H8FNO. The van der Waals surface area contributed by atoms with E-state index in [4.69, 9.17) is 5.21 Å². The molecule has 42 valence electrons. The summed E-state index contributed by atoms with van der Waals surface area (Å²) in [7, 11) is 0. The van der Waals surface area contributed by atoms with Crippen molar-refractivity contribution in [2.75, 3.05) is 6.54 Å². The Kier molecular flexibility index (Phi) is 5.26. The van der Waals surface area contributed by atoms with Crippen LogP contribution in [-0.4, -0.2) is 11.8 Å². The van der Waals surface area contributed by atoms with Crippen molar-refractivity contribution in [1.82, 2.24) is 5.48 Å². The van der Waals surface area contributed by atoms with E-state index < -0.39 is 0 Å². The normalized spacial score (nSPS) is 10.6. The number of hydrogen-bond acceptors (Lipinski definition) is 2. The van der Waals surface area contributed by atoms with Gasteiger partial charge in [-0.05, 0) is 6.42 Å². The fraction of sp³-hybridized carbons (Fsp3) is 0.500. The summed E-state index contributed by atoms with van der Waals surface area (Å²) in [6.45, 7) is 0.403. The highest BCUT2D eigenvalue weighted by Gasteiger charge is 1.73. The zero-order valence-electron chi connectivity index (χ0n) is 3.89. The van der Waals surface area contributed by atoms with Crippen molar-refractivity contribution >= 4 is 0 Å². The van der Waals surface area contributed by atoms with Crippen molar-refractivity contribution in [2.45, 2.75) is 6.42 Å². The molecule has 0 rings (SSSR count). The summed E-state index contributed by atoms with van der Waals surface area (Å²) < 4.78 is 11.0. The molecule has 0 bridgehead atoms. The fourth-order valence-corrected chi connectivity index (χ4v) is 0.211. The first-order chi connectivity index (χ1) is 3.41. The third kappa shape index (κ3) is 5.59. The monoisotopic (exact) mass is 105 g/mol. The lowest BCUT2D eigenvalue weighted by Gasteiger charge is -1.85. The van der Waals surface area contributed by atoms with Crippen LogP contribution >= 0.6 is 0 Å². The van der Waals surface area contributed by atoms with Crippen molar-refractivity contribution < 1.29 is 9.60 Å². The van der Waals surface area contributed by atoms with Gasteiger partial charge in [0.15, 0.2) is 0 Å². The van der Waals surface area contributed by atoms with E-state index in [1.165, 1.54) is 6.08 Å². The van der Waals surface area contributed by atoms with Crippen molar-refractivity contribution in [3.63, 3.8) is 0 Å². The van der Waals surface area contributed by atoms with Gasteiger partial charge in [0.1, 0.15) is 0 Å². The Morgan fingerprint density at radius 2 is 2.43 bits per heavy atom. The number of hydrogen-bond donors (Lipinski definition) is 2. The molecule has 0 heterocycles. The number of nitrogens with one attached hydrogen (secondary N) is 1. The Bertz CT molecular complexity index is 55.7. The molecule has 0 saturated carbocycles. The molecule has 0 aromatic rings. The van der Waals surface area contributed by atoms with E-state index >= 15 is 0 Å². The third-order valence-electron chi connectivity index (χ3n) is 0.512. The van der Waals surface area contributed by atoms with Crippen molar-refractivity contribution in [2.24, 2.45) is 0 Å². The summed E-state index contributed by atoms with van der Waals surface area (Å²) in [6.07, 6.45) is 2.30. The summed E-state index contributed by atoms with van der Waals surface area (Å²) in [5.41, 5.74) is 1.88. The highest BCUT2D eigenvalue weighted by Crippen LogP contribution is 1.78. The standard InChI is InChI=1S/C4H8FNO/c5-3-1-2-4-6-7/h1,3,6-7H,2,4H2. The van der Waals surface area contributed by atoms with E-state index in [2.05, 4.69) is 0 Å². The lowest BCUT2D eigenvalue weighted by molar-refractivity contribution is 0.169. The minimum atomic E-state index is 0.403. The maximum absolute atomic E-state index is 11.0. The smallest absolute Gasteiger partial charge is 0.0827 e. The van der Waals surface area contributed by atoms with Gasteiger partial charge in [-0.1, -0.05) is 6.08 Å². The van der Waals surface area contributed by atoms with Gasteiger partial charge in [-0.25, -0.2) is 9.87 Å². The molecule has 3 heteroatoms. The van der Waals surface area contributed by atoms with Gasteiger partial charge in [0.25, 0.3) is 0 Å². The van der Waals surface area contributed by atoms with Gasteiger partial charge in [0.2, 0.25) is 0 Å². The zero-order valence-corrected chi connectivity index (χ0v) is 3.89. The van der Waals surface area contributed by atoms with Crippen LogP contribution in [0.15, 0.2) is 12.4 Å². The van der Waals surface area contributed by atoms with Gasteiger partial charge < -0.3 is 5.21 Å². The summed E-state index contributed by atoms with van der Waals surface area (Å²) in [5, 5.41) is 7.89. The van der Waals surface area contributed by atoms with Crippen LogP contribution in [0.3, 0.4) is 0 Å². The molecule has 0 aromatic carbocycles. The van der Waals surface area contributed by atoms with Crippen LogP contribution < -0.4 is 5.48 Å². The topological polar surface area (TPSA) is 32.3 Å². The van der Waals surface area contributed by atoms with E-state index in [-0.39, 0.29) is 0 Å². The lowest BCUT2D eigenvalue weighted by atomic mass is 10.4. The zero-order chi connectivity index (χ0) is 5.54. The highest BCUT2D eigenvalue weighted by molar-refractivity contribution is 4.71. The average Bonchev–Trinajstić information content (AvgIpc) is 1.69. The van der Waals surface area contributed by atoms with Gasteiger partial charge >= 0.3 is 0 Å². The Hall–Kier alpha value is -0.410. The van der Waals surface area contributed by atoms with Crippen LogP contribution in [-0.2, 0) is 0 Å². The Morgan fingerprint density at radius 1 is 1.71 bits per heavy atom. The van der Waals surface area contributed by atoms with Crippen molar-refractivity contribution in [1.29, 1.82) is 0 Å². The van der Waals surface area contributed by atoms with Crippen LogP contribution in [0.2, 0.25) is 0 Å². The van der Waals surface area contributed by atoms with Gasteiger partial charge in [0.05, 0.1) is 6.33 Å². The minimum absolute atomic E-state index is 0.403. The molecule has 0 aliphatic heterocycles. The average molecular weight is 105 g/mol. The predicted molar refractivity (Wildman–Crippen MR) is 24.7 cm³/mol. The molecule has 0 aliphatic carbocycles. The predicted octanol–water partition coefficient (Wildman–Crippen LogP) is 0.839. The van der Waals surface area contributed by atoms with Crippen LogP contribution in [0.25, 0.3) is 0 Å². The molecular weight excluding hydrogens is 97.0 g/mol.